The number of benzene rings is 3. The van der Waals surface area contributed by atoms with Crippen molar-refractivity contribution >= 4 is 22.6 Å². The Morgan fingerprint density at radius 3 is 2.53 bits per heavy atom. The smallest absolute Gasteiger partial charge is 0.336 e. The fourth-order valence-corrected chi connectivity index (χ4v) is 3.24. The largest absolute Gasteiger partial charge is 0.489 e. The van der Waals surface area contributed by atoms with Gasteiger partial charge in [0.1, 0.15) is 17.9 Å². The number of hydrogen-bond donors (Lipinski definition) is 1. The van der Waals surface area contributed by atoms with E-state index in [4.69, 9.17) is 9.15 Å². The lowest BCUT2D eigenvalue weighted by Gasteiger charge is -2.09. The molecular weight excluding hydrogens is 378 g/mol. The summed E-state index contributed by atoms with van der Waals surface area (Å²) in [6, 6.07) is 21.8. The minimum atomic E-state index is -0.378. The van der Waals surface area contributed by atoms with Crippen LogP contribution in [0.15, 0.2) is 82.0 Å². The predicted octanol–water partition coefficient (Wildman–Crippen LogP) is 5.24. The quantitative estimate of drug-likeness (QED) is 0.466. The molecule has 0 aliphatic heterocycles. The highest BCUT2D eigenvalue weighted by molar-refractivity contribution is 6.04. The van der Waals surface area contributed by atoms with Gasteiger partial charge >= 0.3 is 5.63 Å². The number of aryl methyl sites for hydroxylation is 2. The van der Waals surface area contributed by atoms with Gasteiger partial charge in [0.05, 0.1) is 0 Å². The van der Waals surface area contributed by atoms with Crippen molar-refractivity contribution in [3.05, 3.63) is 105 Å². The van der Waals surface area contributed by atoms with E-state index < -0.39 is 0 Å². The van der Waals surface area contributed by atoms with Crippen molar-refractivity contribution < 1.29 is 13.9 Å². The van der Waals surface area contributed by atoms with E-state index in [9.17, 15) is 9.59 Å². The van der Waals surface area contributed by atoms with Crippen molar-refractivity contribution in [3.8, 4) is 5.75 Å². The summed E-state index contributed by atoms with van der Waals surface area (Å²) in [4.78, 5) is 24.0. The molecule has 1 N–H and O–H groups in total. The average molecular weight is 399 g/mol. The van der Waals surface area contributed by atoms with Crippen molar-refractivity contribution in [2.75, 3.05) is 5.32 Å². The van der Waals surface area contributed by atoms with E-state index in [-0.39, 0.29) is 11.5 Å². The third-order valence-corrected chi connectivity index (χ3v) is 4.82. The van der Waals surface area contributed by atoms with E-state index in [1.165, 1.54) is 6.07 Å². The second-order valence-electron chi connectivity index (χ2n) is 7.22. The Morgan fingerprint density at radius 2 is 1.77 bits per heavy atom. The number of hydrogen-bond acceptors (Lipinski definition) is 4. The second-order valence-corrected chi connectivity index (χ2v) is 7.22. The summed E-state index contributed by atoms with van der Waals surface area (Å²) in [5, 5.41) is 3.78. The highest BCUT2D eigenvalue weighted by Crippen LogP contribution is 2.23. The Morgan fingerprint density at radius 1 is 0.967 bits per heavy atom. The third kappa shape index (κ3) is 4.41. The van der Waals surface area contributed by atoms with E-state index in [1.54, 1.807) is 18.2 Å². The predicted molar refractivity (Wildman–Crippen MR) is 117 cm³/mol. The Kier molecular flexibility index (Phi) is 5.35. The molecule has 1 aromatic heterocycles. The number of rotatable bonds is 5. The molecule has 0 saturated carbocycles. The van der Waals surface area contributed by atoms with Crippen LogP contribution < -0.4 is 15.7 Å². The van der Waals surface area contributed by atoms with Gasteiger partial charge in [-0.3, -0.25) is 4.79 Å². The van der Waals surface area contributed by atoms with E-state index in [0.29, 0.717) is 23.5 Å². The Balaban J connectivity index is 1.42. The van der Waals surface area contributed by atoms with Crippen LogP contribution in [0.2, 0.25) is 0 Å². The number of amides is 1. The average Bonchev–Trinajstić information content (AvgIpc) is 2.72. The fraction of sp³-hybridized carbons (Fsp3) is 0.120. The highest BCUT2D eigenvalue weighted by atomic mass is 16.5. The molecule has 0 bridgehead atoms. The summed E-state index contributed by atoms with van der Waals surface area (Å²) in [6.07, 6.45) is 0. The van der Waals surface area contributed by atoms with Gasteiger partial charge in [-0.1, -0.05) is 24.3 Å². The van der Waals surface area contributed by atoms with E-state index in [0.717, 1.165) is 27.8 Å². The Bertz CT molecular complexity index is 1270. The molecule has 4 rings (SSSR count). The summed E-state index contributed by atoms with van der Waals surface area (Å²) in [5.41, 5.74) is 4.34. The maximum absolute atomic E-state index is 12.4. The summed E-state index contributed by atoms with van der Waals surface area (Å²) >= 11 is 0. The van der Waals surface area contributed by atoms with Crippen molar-refractivity contribution in [2.45, 2.75) is 20.5 Å². The normalized spacial score (nSPS) is 10.7. The van der Waals surface area contributed by atoms with Crippen molar-refractivity contribution in [1.82, 2.24) is 0 Å². The van der Waals surface area contributed by atoms with Crippen LogP contribution in [0, 0.1) is 13.8 Å². The molecule has 0 fully saturated rings. The van der Waals surface area contributed by atoms with Gasteiger partial charge in [-0.2, -0.15) is 0 Å². The van der Waals surface area contributed by atoms with Crippen LogP contribution in [-0.4, -0.2) is 5.91 Å². The van der Waals surface area contributed by atoms with Gasteiger partial charge in [-0.15, -0.1) is 0 Å². The van der Waals surface area contributed by atoms with Crippen LogP contribution in [0.1, 0.15) is 27.0 Å². The number of fused-ring (bicyclic) bond motifs is 1. The van der Waals surface area contributed by atoms with Gasteiger partial charge in [0, 0.05) is 28.8 Å². The van der Waals surface area contributed by atoms with Crippen LogP contribution >= 0.6 is 0 Å². The highest BCUT2D eigenvalue weighted by Gasteiger charge is 2.07. The van der Waals surface area contributed by atoms with Crippen molar-refractivity contribution in [1.29, 1.82) is 0 Å². The number of ether oxygens (including phenoxy) is 1. The molecule has 150 valence electrons. The lowest BCUT2D eigenvalue weighted by atomic mass is 10.1. The summed E-state index contributed by atoms with van der Waals surface area (Å²) in [6.45, 7) is 4.19. The second kappa shape index (κ2) is 8.25. The van der Waals surface area contributed by atoms with E-state index in [2.05, 4.69) is 5.32 Å². The standard InChI is InChI=1S/C25H21NO4/c1-16-4-3-5-20(12-16)26-25(28)19-8-6-18(7-9-19)15-29-21-10-11-22-17(2)13-24(27)30-23(22)14-21/h3-14H,15H2,1-2H3,(H,26,28). The van der Waals surface area contributed by atoms with Gasteiger partial charge in [-0.05, 0) is 66.9 Å². The number of carbonyl (C=O) groups excluding carboxylic acids is 1. The molecule has 0 atom stereocenters. The monoisotopic (exact) mass is 399 g/mol. The topological polar surface area (TPSA) is 68.5 Å². The molecule has 5 heteroatoms. The lowest BCUT2D eigenvalue weighted by Crippen LogP contribution is -2.12. The first-order valence-corrected chi connectivity index (χ1v) is 9.62. The molecule has 0 radical (unpaired) electrons. The first-order chi connectivity index (χ1) is 14.5. The molecule has 0 saturated heterocycles. The molecule has 3 aromatic carbocycles. The number of anilines is 1. The molecule has 30 heavy (non-hydrogen) atoms. The zero-order valence-corrected chi connectivity index (χ0v) is 16.8. The lowest BCUT2D eigenvalue weighted by molar-refractivity contribution is 0.102. The summed E-state index contributed by atoms with van der Waals surface area (Å²) in [7, 11) is 0. The summed E-state index contributed by atoms with van der Waals surface area (Å²) < 4.78 is 11.1. The molecule has 4 aromatic rings. The van der Waals surface area contributed by atoms with Crippen LogP contribution in [0.5, 0.6) is 5.75 Å². The van der Waals surface area contributed by atoms with Gasteiger partial charge in [-0.25, -0.2) is 4.79 Å². The molecule has 1 amide bonds. The molecule has 0 aliphatic carbocycles. The molecule has 0 spiro atoms. The maximum Gasteiger partial charge on any atom is 0.336 e. The SMILES string of the molecule is Cc1cccc(NC(=O)c2ccc(COc3ccc4c(C)cc(=O)oc4c3)cc2)c1. The van der Waals surface area contributed by atoms with Gasteiger partial charge in [0.2, 0.25) is 0 Å². The van der Waals surface area contributed by atoms with E-state index >= 15 is 0 Å². The Labute approximate surface area is 173 Å². The molecule has 1 heterocycles. The van der Waals surface area contributed by atoms with Crippen molar-refractivity contribution in [3.63, 3.8) is 0 Å². The zero-order valence-electron chi connectivity index (χ0n) is 16.8. The van der Waals surface area contributed by atoms with Crippen molar-refractivity contribution in [2.24, 2.45) is 0 Å². The van der Waals surface area contributed by atoms with Crippen LogP contribution in [0.3, 0.4) is 0 Å². The minimum absolute atomic E-state index is 0.159. The van der Waals surface area contributed by atoms with Gasteiger partial charge in [0.25, 0.3) is 5.91 Å². The van der Waals surface area contributed by atoms with Gasteiger partial charge in [0.15, 0.2) is 0 Å². The van der Waals surface area contributed by atoms with Crippen LogP contribution in [0.25, 0.3) is 11.0 Å². The number of nitrogens with one attached hydrogen (secondary N) is 1. The number of carbonyl (C=O) groups is 1. The fourth-order valence-electron chi connectivity index (χ4n) is 3.24. The first-order valence-electron chi connectivity index (χ1n) is 9.62. The van der Waals surface area contributed by atoms with Crippen LogP contribution in [0.4, 0.5) is 5.69 Å². The minimum Gasteiger partial charge on any atom is -0.489 e. The summed E-state index contributed by atoms with van der Waals surface area (Å²) in [5.74, 6) is 0.450. The van der Waals surface area contributed by atoms with Crippen LogP contribution in [-0.2, 0) is 6.61 Å². The molecule has 5 nitrogen and oxygen atoms in total. The van der Waals surface area contributed by atoms with Gasteiger partial charge < -0.3 is 14.5 Å². The van der Waals surface area contributed by atoms with E-state index in [1.807, 2.05) is 62.4 Å². The zero-order chi connectivity index (χ0) is 21.1. The molecular formula is C25H21NO4. The maximum atomic E-state index is 12.4. The first kappa shape index (κ1) is 19.5. The molecule has 0 unspecified atom stereocenters. The third-order valence-electron chi connectivity index (χ3n) is 4.82. The Hall–Kier alpha value is -3.86. The molecule has 0 aliphatic rings.